The Bertz CT molecular complexity index is 579. The standard InChI is InChI=1S/C11H11F2N3O5/c12-9(13)4-7(11(18)19)15-10(17)5-1-2-6(14)8(3-5)16(20)21/h1-3,7,9H,4,14H2,(H,15,17)(H,18,19). The molecule has 1 atom stereocenters. The first-order chi connectivity index (χ1) is 9.72. The minimum atomic E-state index is -2.92. The predicted octanol–water partition coefficient (Wildman–Crippen LogP) is 1.02. The molecular weight excluding hydrogens is 292 g/mol. The van der Waals surface area contributed by atoms with Crippen LogP contribution < -0.4 is 11.1 Å². The number of nitrogens with two attached hydrogens (primary N) is 1. The van der Waals surface area contributed by atoms with Crippen LogP contribution in [0, 0.1) is 10.1 Å². The van der Waals surface area contributed by atoms with Gasteiger partial charge in [-0.2, -0.15) is 0 Å². The number of carboxylic acid groups (broad SMARTS) is 1. The van der Waals surface area contributed by atoms with E-state index in [1.54, 1.807) is 0 Å². The number of nitrogens with one attached hydrogen (secondary N) is 1. The number of aliphatic carboxylic acids is 1. The highest BCUT2D eigenvalue weighted by Gasteiger charge is 2.25. The zero-order valence-corrected chi connectivity index (χ0v) is 10.5. The smallest absolute Gasteiger partial charge is 0.326 e. The van der Waals surface area contributed by atoms with E-state index in [9.17, 15) is 28.5 Å². The van der Waals surface area contributed by atoms with Crippen molar-refractivity contribution in [2.75, 3.05) is 5.73 Å². The lowest BCUT2D eigenvalue weighted by molar-refractivity contribution is -0.383. The fourth-order valence-electron chi connectivity index (χ4n) is 1.48. The van der Waals surface area contributed by atoms with Crippen LogP contribution in [0.1, 0.15) is 16.8 Å². The van der Waals surface area contributed by atoms with Gasteiger partial charge in [-0.1, -0.05) is 0 Å². The second-order valence-corrected chi connectivity index (χ2v) is 4.02. The second kappa shape index (κ2) is 6.59. The molecule has 0 bridgehead atoms. The van der Waals surface area contributed by atoms with Crippen LogP contribution in [-0.4, -0.2) is 34.4 Å². The third-order valence-corrected chi connectivity index (χ3v) is 2.51. The molecule has 0 saturated heterocycles. The van der Waals surface area contributed by atoms with E-state index in [2.05, 4.69) is 0 Å². The maximum Gasteiger partial charge on any atom is 0.326 e. The number of nitrogens with zero attached hydrogens (tertiary/aromatic N) is 1. The minimum absolute atomic E-state index is 0.182. The molecule has 0 fully saturated rings. The molecule has 1 rings (SSSR count). The monoisotopic (exact) mass is 303 g/mol. The average Bonchev–Trinajstić information content (AvgIpc) is 2.37. The maximum atomic E-state index is 12.2. The number of amides is 1. The normalized spacial score (nSPS) is 12.0. The van der Waals surface area contributed by atoms with Gasteiger partial charge in [0.05, 0.1) is 4.92 Å². The Morgan fingerprint density at radius 2 is 2.05 bits per heavy atom. The Balaban J connectivity index is 2.95. The number of benzene rings is 1. The van der Waals surface area contributed by atoms with E-state index < -0.39 is 41.4 Å². The lowest BCUT2D eigenvalue weighted by Crippen LogP contribution is -2.42. The van der Waals surface area contributed by atoms with Crippen LogP contribution in [0.15, 0.2) is 18.2 Å². The molecule has 4 N–H and O–H groups in total. The van der Waals surface area contributed by atoms with Crippen molar-refractivity contribution in [1.29, 1.82) is 0 Å². The molecule has 0 aliphatic carbocycles. The number of hydrogen-bond donors (Lipinski definition) is 3. The van der Waals surface area contributed by atoms with Crippen molar-refractivity contribution in [3.05, 3.63) is 33.9 Å². The van der Waals surface area contributed by atoms with Gasteiger partial charge in [0.25, 0.3) is 11.6 Å². The zero-order valence-electron chi connectivity index (χ0n) is 10.5. The molecular formula is C11H11F2N3O5. The van der Waals surface area contributed by atoms with Crippen LogP contribution in [0.2, 0.25) is 0 Å². The highest BCUT2D eigenvalue weighted by molar-refractivity contribution is 5.97. The van der Waals surface area contributed by atoms with E-state index >= 15 is 0 Å². The van der Waals surface area contributed by atoms with E-state index in [0.717, 1.165) is 18.2 Å². The Kier molecular flexibility index (Phi) is 5.11. The number of nitrogen functional groups attached to an aromatic ring is 1. The van der Waals surface area contributed by atoms with Gasteiger partial charge in [0, 0.05) is 18.1 Å². The number of alkyl halides is 2. The van der Waals surface area contributed by atoms with Crippen LogP contribution in [0.4, 0.5) is 20.2 Å². The maximum absolute atomic E-state index is 12.2. The number of nitro groups is 1. The van der Waals surface area contributed by atoms with Crippen molar-refractivity contribution < 1.29 is 28.4 Å². The molecule has 0 radical (unpaired) electrons. The van der Waals surface area contributed by atoms with Gasteiger partial charge in [-0.3, -0.25) is 14.9 Å². The number of nitro benzene ring substituents is 1. The van der Waals surface area contributed by atoms with Gasteiger partial charge in [0.1, 0.15) is 11.7 Å². The van der Waals surface area contributed by atoms with Crippen molar-refractivity contribution >= 4 is 23.3 Å². The molecule has 0 saturated carbocycles. The van der Waals surface area contributed by atoms with Crippen molar-refractivity contribution in [2.24, 2.45) is 0 Å². The Morgan fingerprint density at radius 1 is 1.43 bits per heavy atom. The first-order valence-corrected chi connectivity index (χ1v) is 5.58. The Hall–Kier alpha value is -2.78. The van der Waals surface area contributed by atoms with E-state index in [-0.39, 0.29) is 11.3 Å². The summed E-state index contributed by atoms with van der Waals surface area (Å²) in [7, 11) is 0. The SMILES string of the molecule is Nc1ccc(C(=O)NC(CC(F)F)C(=O)O)cc1[N+](=O)[O-]. The summed E-state index contributed by atoms with van der Waals surface area (Å²) in [5, 5.41) is 21.3. The Labute approximate surface area is 116 Å². The van der Waals surface area contributed by atoms with Gasteiger partial charge >= 0.3 is 5.97 Å². The molecule has 0 aliphatic rings. The summed E-state index contributed by atoms with van der Waals surface area (Å²) in [6.45, 7) is 0. The largest absolute Gasteiger partial charge is 0.480 e. The molecule has 1 aromatic carbocycles. The van der Waals surface area contributed by atoms with Gasteiger partial charge < -0.3 is 16.2 Å². The average molecular weight is 303 g/mol. The molecule has 0 spiro atoms. The van der Waals surface area contributed by atoms with E-state index in [0.29, 0.717) is 0 Å². The topological polar surface area (TPSA) is 136 Å². The summed E-state index contributed by atoms with van der Waals surface area (Å²) in [5.41, 5.74) is 4.37. The highest BCUT2D eigenvalue weighted by Crippen LogP contribution is 2.22. The molecule has 8 nitrogen and oxygen atoms in total. The number of carboxylic acids is 1. The van der Waals surface area contributed by atoms with Gasteiger partial charge in [-0.15, -0.1) is 0 Å². The molecule has 10 heteroatoms. The molecule has 1 unspecified atom stereocenters. The number of rotatable bonds is 6. The van der Waals surface area contributed by atoms with Crippen molar-refractivity contribution in [3.63, 3.8) is 0 Å². The van der Waals surface area contributed by atoms with Crippen LogP contribution in [0.25, 0.3) is 0 Å². The van der Waals surface area contributed by atoms with Crippen molar-refractivity contribution in [2.45, 2.75) is 18.9 Å². The van der Waals surface area contributed by atoms with Crippen LogP contribution in [0.5, 0.6) is 0 Å². The number of halogens is 2. The molecule has 1 aromatic rings. The molecule has 0 aromatic heterocycles. The molecule has 0 aliphatic heterocycles. The van der Waals surface area contributed by atoms with Gasteiger partial charge in [-0.05, 0) is 12.1 Å². The summed E-state index contributed by atoms with van der Waals surface area (Å²) in [6.07, 6.45) is -4.00. The third-order valence-electron chi connectivity index (χ3n) is 2.51. The number of anilines is 1. The molecule has 21 heavy (non-hydrogen) atoms. The van der Waals surface area contributed by atoms with Gasteiger partial charge in [-0.25, -0.2) is 13.6 Å². The van der Waals surface area contributed by atoms with E-state index in [4.69, 9.17) is 10.8 Å². The van der Waals surface area contributed by atoms with Crippen LogP contribution >= 0.6 is 0 Å². The summed E-state index contributed by atoms with van der Waals surface area (Å²) in [5.74, 6) is -2.65. The molecule has 1 amide bonds. The first-order valence-electron chi connectivity index (χ1n) is 5.58. The van der Waals surface area contributed by atoms with E-state index in [1.165, 1.54) is 0 Å². The fraction of sp³-hybridized carbons (Fsp3) is 0.273. The quantitative estimate of drug-likeness (QED) is 0.408. The zero-order chi connectivity index (χ0) is 16.2. The van der Waals surface area contributed by atoms with Crippen LogP contribution in [0.3, 0.4) is 0 Å². The van der Waals surface area contributed by atoms with Crippen molar-refractivity contribution in [3.8, 4) is 0 Å². The number of carbonyl (C=O) groups excluding carboxylic acids is 1. The lowest BCUT2D eigenvalue weighted by Gasteiger charge is -2.14. The summed E-state index contributed by atoms with van der Waals surface area (Å²) in [4.78, 5) is 32.4. The third kappa shape index (κ3) is 4.37. The summed E-state index contributed by atoms with van der Waals surface area (Å²) in [6, 6.07) is 1.26. The molecule has 0 heterocycles. The first kappa shape index (κ1) is 16.3. The number of hydrogen-bond acceptors (Lipinski definition) is 5. The van der Waals surface area contributed by atoms with E-state index in [1.807, 2.05) is 5.32 Å². The van der Waals surface area contributed by atoms with Crippen LogP contribution in [-0.2, 0) is 4.79 Å². The van der Waals surface area contributed by atoms with Gasteiger partial charge in [0.2, 0.25) is 6.43 Å². The fourth-order valence-corrected chi connectivity index (χ4v) is 1.48. The Morgan fingerprint density at radius 3 is 2.52 bits per heavy atom. The predicted molar refractivity (Wildman–Crippen MR) is 67.0 cm³/mol. The minimum Gasteiger partial charge on any atom is -0.480 e. The summed E-state index contributed by atoms with van der Waals surface area (Å²) < 4.78 is 24.4. The van der Waals surface area contributed by atoms with Gasteiger partial charge in [0.15, 0.2) is 0 Å². The summed E-state index contributed by atoms with van der Waals surface area (Å²) >= 11 is 0. The number of carbonyl (C=O) groups is 2. The lowest BCUT2D eigenvalue weighted by atomic mass is 10.1. The highest BCUT2D eigenvalue weighted by atomic mass is 19.3. The second-order valence-electron chi connectivity index (χ2n) is 4.02. The molecule has 114 valence electrons. The van der Waals surface area contributed by atoms with Crippen molar-refractivity contribution in [1.82, 2.24) is 5.32 Å².